The maximum atomic E-state index is 12.3. The third-order valence-corrected chi connectivity index (χ3v) is 5.01. The van der Waals surface area contributed by atoms with Crippen molar-refractivity contribution in [3.63, 3.8) is 0 Å². The van der Waals surface area contributed by atoms with Crippen LogP contribution in [0.15, 0.2) is 16.6 Å². The van der Waals surface area contributed by atoms with Crippen LogP contribution in [0.25, 0.3) is 0 Å². The van der Waals surface area contributed by atoms with Gasteiger partial charge in [0.15, 0.2) is 0 Å². The van der Waals surface area contributed by atoms with E-state index in [2.05, 4.69) is 31.9 Å². The highest BCUT2D eigenvalue weighted by Gasteiger charge is 2.32. The third kappa shape index (κ3) is 6.31. The van der Waals surface area contributed by atoms with E-state index in [1.807, 2.05) is 0 Å². The molecule has 1 saturated carbocycles. The fourth-order valence-electron chi connectivity index (χ4n) is 3.32. The molecule has 0 bridgehead atoms. The van der Waals surface area contributed by atoms with Crippen LogP contribution >= 0.6 is 15.9 Å². The summed E-state index contributed by atoms with van der Waals surface area (Å²) in [5.74, 6) is -0.440. The molecule has 1 aromatic carbocycles. The van der Waals surface area contributed by atoms with Gasteiger partial charge < -0.3 is 20.7 Å². The number of carbonyl (C=O) groups excluding carboxylic acids is 2. The van der Waals surface area contributed by atoms with Crippen LogP contribution in [0.4, 0.5) is 16.2 Å². The number of halogens is 1. The van der Waals surface area contributed by atoms with E-state index in [0.29, 0.717) is 17.3 Å². The SMILES string of the molecule is CNC(=O)c1cc(Br)cc([N+](=O)[O-])c1N[C@@H]1CCCC[C@@H]1NC(=O)OC(C)(C)C. The van der Waals surface area contributed by atoms with Gasteiger partial charge in [0.1, 0.15) is 11.3 Å². The molecule has 1 aromatic rings. The number of anilines is 1. The number of carbonyl (C=O) groups is 2. The molecule has 2 atom stereocenters. The van der Waals surface area contributed by atoms with Gasteiger partial charge in [0.05, 0.1) is 16.5 Å². The van der Waals surface area contributed by atoms with Gasteiger partial charge in [-0.2, -0.15) is 0 Å². The van der Waals surface area contributed by atoms with Crippen LogP contribution in [0, 0.1) is 10.1 Å². The lowest BCUT2D eigenvalue weighted by Crippen LogP contribution is -2.50. The van der Waals surface area contributed by atoms with E-state index in [0.717, 1.165) is 12.8 Å². The summed E-state index contributed by atoms with van der Waals surface area (Å²) in [6.45, 7) is 5.35. The van der Waals surface area contributed by atoms with Crippen molar-refractivity contribution >= 4 is 39.3 Å². The van der Waals surface area contributed by atoms with E-state index in [1.165, 1.54) is 19.2 Å². The van der Waals surface area contributed by atoms with Crippen LogP contribution in [-0.4, -0.2) is 41.7 Å². The number of benzene rings is 1. The summed E-state index contributed by atoms with van der Waals surface area (Å²) in [6.07, 6.45) is 2.69. The van der Waals surface area contributed by atoms with E-state index >= 15 is 0 Å². The first-order valence-corrected chi connectivity index (χ1v) is 10.3. The Morgan fingerprint density at radius 2 is 1.83 bits per heavy atom. The van der Waals surface area contributed by atoms with Crippen LogP contribution in [0.2, 0.25) is 0 Å². The molecule has 29 heavy (non-hydrogen) atoms. The predicted octanol–water partition coefficient (Wildman–Crippen LogP) is 3.96. The van der Waals surface area contributed by atoms with Crippen molar-refractivity contribution in [3.8, 4) is 0 Å². The Balaban J connectivity index is 2.33. The maximum absolute atomic E-state index is 12.3. The van der Waals surface area contributed by atoms with E-state index < -0.39 is 22.5 Å². The average molecular weight is 471 g/mol. The van der Waals surface area contributed by atoms with Crippen molar-refractivity contribution in [2.24, 2.45) is 0 Å². The first-order valence-electron chi connectivity index (χ1n) is 9.48. The standard InChI is InChI=1S/C19H27BrN4O5/c1-19(2,3)29-18(26)23-14-8-6-5-7-13(14)22-16-12(17(25)21-4)9-11(20)10-15(16)24(27)28/h9-10,13-14,22H,5-8H2,1-4H3,(H,21,25)(H,23,26)/t13-,14+/m1/s1. The van der Waals surface area contributed by atoms with Crippen LogP contribution in [0.1, 0.15) is 56.8 Å². The van der Waals surface area contributed by atoms with Crippen molar-refractivity contribution in [1.82, 2.24) is 10.6 Å². The van der Waals surface area contributed by atoms with E-state index in [1.54, 1.807) is 20.8 Å². The van der Waals surface area contributed by atoms with Crippen LogP contribution < -0.4 is 16.0 Å². The first-order chi connectivity index (χ1) is 13.5. The van der Waals surface area contributed by atoms with Crippen molar-refractivity contribution in [2.45, 2.75) is 64.1 Å². The number of rotatable bonds is 5. The largest absolute Gasteiger partial charge is 0.444 e. The number of nitro benzene ring substituents is 1. The second-order valence-electron chi connectivity index (χ2n) is 7.97. The molecule has 1 aliphatic carbocycles. The number of nitro groups is 1. The van der Waals surface area contributed by atoms with Gasteiger partial charge in [-0.05, 0) is 39.7 Å². The number of hydrogen-bond donors (Lipinski definition) is 3. The lowest BCUT2D eigenvalue weighted by Gasteiger charge is -2.34. The van der Waals surface area contributed by atoms with Crippen LogP contribution in [0.5, 0.6) is 0 Å². The van der Waals surface area contributed by atoms with Gasteiger partial charge in [-0.25, -0.2) is 4.79 Å². The Bertz CT molecular complexity index is 794. The summed E-state index contributed by atoms with van der Waals surface area (Å²) in [4.78, 5) is 35.7. The predicted molar refractivity (Wildman–Crippen MR) is 113 cm³/mol. The van der Waals surface area contributed by atoms with Crippen molar-refractivity contribution in [3.05, 3.63) is 32.3 Å². The maximum Gasteiger partial charge on any atom is 0.407 e. The molecular formula is C19H27BrN4O5. The summed E-state index contributed by atoms with van der Waals surface area (Å²) >= 11 is 3.22. The molecule has 160 valence electrons. The summed E-state index contributed by atoms with van der Waals surface area (Å²) in [7, 11) is 1.46. The molecule has 9 nitrogen and oxygen atoms in total. The normalized spacial score (nSPS) is 19.2. The molecule has 0 heterocycles. The third-order valence-electron chi connectivity index (χ3n) is 4.55. The zero-order valence-electron chi connectivity index (χ0n) is 17.0. The van der Waals surface area contributed by atoms with Crippen molar-refractivity contribution < 1.29 is 19.2 Å². The highest BCUT2D eigenvalue weighted by Crippen LogP contribution is 2.35. The Labute approximate surface area is 178 Å². The number of hydrogen-bond acceptors (Lipinski definition) is 6. The fourth-order valence-corrected chi connectivity index (χ4v) is 3.77. The van der Waals surface area contributed by atoms with Crippen molar-refractivity contribution in [1.29, 1.82) is 0 Å². The van der Waals surface area contributed by atoms with Crippen LogP contribution in [-0.2, 0) is 4.74 Å². The number of amides is 2. The van der Waals surface area contributed by atoms with Crippen LogP contribution in [0.3, 0.4) is 0 Å². The van der Waals surface area contributed by atoms with Gasteiger partial charge in [-0.1, -0.05) is 28.8 Å². The minimum Gasteiger partial charge on any atom is -0.444 e. The molecule has 0 saturated heterocycles. The molecule has 2 rings (SSSR count). The summed E-state index contributed by atoms with van der Waals surface area (Å²) in [5, 5.41) is 20.2. The molecule has 0 aromatic heterocycles. The Hall–Kier alpha value is -2.36. The average Bonchev–Trinajstić information content (AvgIpc) is 2.61. The van der Waals surface area contributed by atoms with E-state index in [-0.39, 0.29) is 29.0 Å². The highest BCUT2D eigenvalue weighted by atomic mass is 79.9. The molecule has 0 aliphatic heterocycles. The molecule has 2 amide bonds. The monoisotopic (exact) mass is 470 g/mol. The lowest BCUT2D eigenvalue weighted by molar-refractivity contribution is -0.384. The van der Waals surface area contributed by atoms with Gasteiger partial charge in [-0.3, -0.25) is 14.9 Å². The number of ether oxygens (including phenoxy) is 1. The van der Waals surface area contributed by atoms with Gasteiger partial charge in [0.25, 0.3) is 11.6 Å². The highest BCUT2D eigenvalue weighted by molar-refractivity contribution is 9.10. The van der Waals surface area contributed by atoms with E-state index in [9.17, 15) is 19.7 Å². The topological polar surface area (TPSA) is 123 Å². The molecule has 0 radical (unpaired) electrons. The zero-order chi connectivity index (χ0) is 21.8. The van der Waals surface area contributed by atoms with Crippen molar-refractivity contribution in [2.75, 3.05) is 12.4 Å². The minimum atomic E-state index is -0.626. The molecule has 0 unspecified atom stereocenters. The molecular weight excluding hydrogens is 444 g/mol. The quantitative estimate of drug-likeness (QED) is 0.441. The zero-order valence-corrected chi connectivity index (χ0v) is 18.6. The second-order valence-corrected chi connectivity index (χ2v) is 8.89. The second kappa shape index (κ2) is 9.43. The Morgan fingerprint density at radius 1 is 1.21 bits per heavy atom. The Kier molecular flexibility index (Phi) is 7.45. The Morgan fingerprint density at radius 3 is 2.38 bits per heavy atom. The van der Waals surface area contributed by atoms with Gasteiger partial charge in [-0.15, -0.1) is 0 Å². The number of alkyl carbamates (subject to hydrolysis) is 1. The van der Waals surface area contributed by atoms with Gasteiger partial charge >= 0.3 is 6.09 Å². The molecule has 10 heteroatoms. The summed E-state index contributed by atoms with van der Waals surface area (Å²) in [6, 6.07) is 2.33. The molecule has 1 fully saturated rings. The molecule has 1 aliphatic rings. The fraction of sp³-hybridized carbons (Fsp3) is 0.579. The number of nitrogens with zero attached hydrogens (tertiary/aromatic N) is 1. The molecule has 0 spiro atoms. The number of nitrogens with one attached hydrogen (secondary N) is 3. The molecule has 3 N–H and O–H groups in total. The summed E-state index contributed by atoms with van der Waals surface area (Å²) in [5.41, 5.74) is -0.534. The lowest BCUT2D eigenvalue weighted by atomic mass is 9.89. The first kappa shape index (κ1) is 22.9. The van der Waals surface area contributed by atoms with Gasteiger partial charge in [0.2, 0.25) is 0 Å². The summed E-state index contributed by atoms with van der Waals surface area (Å²) < 4.78 is 5.77. The smallest absolute Gasteiger partial charge is 0.407 e. The minimum absolute atomic E-state index is 0.139. The van der Waals surface area contributed by atoms with E-state index in [4.69, 9.17) is 4.74 Å². The van der Waals surface area contributed by atoms with Gasteiger partial charge in [0, 0.05) is 23.6 Å².